The van der Waals surface area contributed by atoms with E-state index in [0.717, 1.165) is 11.1 Å². The largest absolute Gasteiger partial charge is 0.496 e. The van der Waals surface area contributed by atoms with Crippen LogP contribution in [0.25, 0.3) is 6.08 Å². The molecule has 0 radical (unpaired) electrons. The second-order valence-corrected chi connectivity index (χ2v) is 6.49. The fourth-order valence-electron chi connectivity index (χ4n) is 2.48. The monoisotopic (exact) mass is 388 g/mol. The molecule has 5 nitrogen and oxygen atoms in total. The van der Waals surface area contributed by atoms with Gasteiger partial charge in [-0.2, -0.15) is 0 Å². The number of amides is 1. The van der Waals surface area contributed by atoms with E-state index >= 15 is 0 Å². The Morgan fingerprint density at radius 3 is 2.58 bits per heavy atom. The Balaban J connectivity index is 1.81. The maximum atomic E-state index is 12.1. The second-order valence-electron chi connectivity index (χ2n) is 5.67. The quantitative estimate of drug-likeness (QED) is 0.626. The van der Waals surface area contributed by atoms with E-state index in [-0.39, 0.29) is 5.91 Å². The van der Waals surface area contributed by atoms with Crippen LogP contribution in [0.3, 0.4) is 0 Å². The first kappa shape index (κ1) is 18.2. The number of nitrogens with one attached hydrogen (secondary N) is 1. The Bertz CT molecular complexity index is 881. The molecule has 1 aliphatic rings. The van der Waals surface area contributed by atoms with Crippen LogP contribution in [-0.2, 0) is 11.4 Å². The summed E-state index contributed by atoms with van der Waals surface area (Å²) in [6, 6.07) is 12.8. The fraction of sp³-hybridized carbons (Fsp3) is 0.158. The lowest BCUT2D eigenvalue weighted by Gasteiger charge is -2.11. The van der Waals surface area contributed by atoms with Gasteiger partial charge in [-0.1, -0.05) is 17.7 Å². The molecule has 1 aliphatic heterocycles. The molecule has 0 aliphatic carbocycles. The van der Waals surface area contributed by atoms with Gasteiger partial charge in [-0.25, -0.2) is 0 Å². The van der Waals surface area contributed by atoms with Crippen molar-refractivity contribution in [2.45, 2.75) is 6.61 Å². The number of methoxy groups -OCH3 is 1. The zero-order chi connectivity index (χ0) is 18.7. The number of carbonyl (C=O) groups excluding carboxylic acids is 1. The van der Waals surface area contributed by atoms with E-state index in [1.807, 2.05) is 18.2 Å². The number of ether oxygens (including phenoxy) is 2. The summed E-state index contributed by atoms with van der Waals surface area (Å²) < 4.78 is 11.2. The Morgan fingerprint density at radius 2 is 1.96 bits per heavy atom. The van der Waals surface area contributed by atoms with Crippen LogP contribution in [0.4, 0.5) is 0 Å². The van der Waals surface area contributed by atoms with Crippen LogP contribution in [-0.4, -0.2) is 30.1 Å². The van der Waals surface area contributed by atoms with E-state index in [1.54, 1.807) is 44.5 Å². The molecule has 1 heterocycles. The topological polar surface area (TPSA) is 50.8 Å². The first-order valence-corrected chi connectivity index (χ1v) is 8.62. The normalized spacial score (nSPS) is 15.3. The van der Waals surface area contributed by atoms with Crippen molar-refractivity contribution in [3.05, 3.63) is 64.3 Å². The van der Waals surface area contributed by atoms with Crippen LogP contribution in [0, 0.1) is 0 Å². The molecular weight excluding hydrogens is 372 g/mol. The van der Waals surface area contributed by atoms with E-state index in [4.69, 9.17) is 33.3 Å². The van der Waals surface area contributed by atoms with Crippen molar-refractivity contribution in [2.75, 3.05) is 14.2 Å². The summed E-state index contributed by atoms with van der Waals surface area (Å²) in [7, 11) is 3.24. The van der Waals surface area contributed by atoms with Gasteiger partial charge in [0.25, 0.3) is 5.91 Å². The maximum Gasteiger partial charge on any atom is 0.276 e. The molecule has 1 N–H and O–H groups in total. The highest BCUT2D eigenvalue weighted by Gasteiger charge is 2.26. The molecule has 0 unspecified atom stereocenters. The van der Waals surface area contributed by atoms with Crippen molar-refractivity contribution in [3.8, 4) is 11.5 Å². The third-order valence-electron chi connectivity index (χ3n) is 3.90. The minimum absolute atomic E-state index is 0.162. The van der Waals surface area contributed by atoms with Gasteiger partial charge < -0.3 is 14.8 Å². The average molecular weight is 389 g/mol. The Labute approximate surface area is 162 Å². The molecule has 0 atom stereocenters. The standard InChI is InChI=1S/C19H17ClN2O3S/c1-22-18(23)16(21-19(22)26)10-12-3-8-17(24-2)13(9-12)11-25-15-6-4-14(20)5-7-15/h3-10H,11H2,1-2H3,(H,21,26)/b16-10+. The van der Waals surface area contributed by atoms with Gasteiger partial charge in [-0.3, -0.25) is 9.69 Å². The molecule has 2 aromatic carbocycles. The first-order chi connectivity index (χ1) is 12.5. The number of hydrogen-bond donors (Lipinski definition) is 1. The fourth-order valence-corrected chi connectivity index (χ4v) is 2.80. The minimum Gasteiger partial charge on any atom is -0.496 e. The van der Waals surface area contributed by atoms with Gasteiger partial charge in [0.15, 0.2) is 5.11 Å². The third-order valence-corrected chi connectivity index (χ3v) is 4.53. The smallest absolute Gasteiger partial charge is 0.276 e. The van der Waals surface area contributed by atoms with Crippen molar-refractivity contribution in [2.24, 2.45) is 0 Å². The highest BCUT2D eigenvalue weighted by molar-refractivity contribution is 7.80. The summed E-state index contributed by atoms with van der Waals surface area (Å²) >= 11 is 11.0. The van der Waals surface area contributed by atoms with E-state index in [1.165, 1.54) is 4.90 Å². The molecule has 0 spiro atoms. The number of likely N-dealkylation sites (N-methyl/N-ethyl adjacent to an activating group) is 1. The number of nitrogens with zero attached hydrogens (tertiary/aromatic N) is 1. The minimum atomic E-state index is -0.162. The third kappa shape index (κ3) is 3.98. The molecule has 2 aromatic rings. The Morgan fingerprint density at radius 1 is 1.23 bits per heavy atom. The number of thiocarbonyl (C=S) groups is 1. The summed E-state index contributed by atoms with van der Waals surface area (Å²) in [5.41, 5.74) is 2.14. The SMILES string of the molecule is COc1ccc(/C=C2/NC(=S)N(C)C2=O)cc1COc1ccc(Cl)cc1. The molecule has 0 saturated carbocycles. The molecule has 1 saturated heterocycles. The first-order valence-electron chi connectivity index (χ1n) is 7.84. The van der Waals surface area contributed by atoms with Gasteiger partial charge in [0.05, 0.1) is 7.11 Å². The highest BCUT2D eigenvalue weighted by atomic mass is 35.5. The zero-order valence-electron chi connectivity index (χ0n) is 14.3. The van der Waals surface area contributed by atoms with Gasteiger partial charge in [0.2, 0.25) is 0 Å². The number of hydrogen-bond acceptors (Lipinski definition) is 4. The predicted molar refractivity (Wildman–Crippen MR) is 105 cm³/mol. The van der Waals surface area contributed by atoms with Crippen molar-refractivity contribution in [1.82, 2.24) is 10.2 Å². The summed E-state index contributed by atoms with van der Waals surface area (Å²) in [5, 5.41) is 3.95. The van der Waals surface area contributed by atoms with Crippen LogP contribution in [0.5, 0.6) is 11.5 Å². The number of benzene rings is 2. The molecule has 0 aromatic heterocycles. The summed E-state index contributed by atoms with van der Waals surface area (Å²) in [6.45, 7) is 0.321. The van der Waals surface area contributed by atoms with E-state index in [9.17, 15) is 4.79 Å². The lowest BCUT2D eigenvalue weighted by Crippen LogP contribution is -2.25. The predicted octanol–water partition coefficient (Wildman–Crippen LogP) is 3.62. The molecule has 1 amide bonds. The van der Waals surface area contributed by atoms with Crippen molar-refractivity contribution < 1.29 is 14.3 Å². The van der Waals surface area contributed by atoms with Crippen LogP contribution in [0.1, 0.15) is 11.1 Å². The van der Waals surface area contributed by atoms with Gasteiger partial charge in [-0.05, 0) is 60.3 Å². The number of rotatable bonds is 5. The van der Waals surface area contributed by atoms with Crippen LogP contribution >= 0.6 is 23.8 Å². The van der Waals surface area contributed by atoms with E-state index in [0.29, 0.717) is 33.9 Å². The van der Waals surface area contributed by atoms with Crippen molar-refractivity contribution in [1.29, 1.82) is 0 Å². The highest BCUT2D eigenvalue weighted by Crippen LogP contribution is 2.24. The molecule has 26 heavy (non-hydrogen) atoms. The summed E-state index contributed by atoms with van der Waals surface area (Å²) in [4.78, 5) is 13.5. The van der Waals surface area contributed by atoms with Crippen LogP contribution < -0.4 is 14.8 Å². The molecule has 134 valence electrons. The van der Waals surface area contributed by atoms with Crippen molar-refractivity contribution in [3.63, 3.8) is 0 Å². The average Bonchev–Trinajstić information content (AvgIpc) is 2.88. The molecular formula is C19H17ClN2O3S. The Kier molecular flexibility index (Phi) is 5.44. The molecule has 7 heteroatoms. The molecule has 1 fully saturated rings. The van der Waals surface area contributed by atoms with Gasteiger partial charge in [-0.15, -0.1) is 0 Å². The lowest BCUT2D eigenvalue weighted by atomic mass is 10.1. The molecule has 0 bridgehead atoms. The van der Waals surface area contributed by atoms with E-state index < -0.39 is 0 Å². The maximum absolute atomic E-state index is 12.1. The lowest BCUT2D eigenvalue weighted by molar-refractivity contribution is -0.121. The van der Waals surface area contributed by atoms with Crippen LogP contribution in [0.15, 0.2) is 48.2 Å². The van der Waals surface area contributed by atoms with Gasteiger partial charge in [0.1, 0.15) is 23.8 Å². The van der Waals surface area contributed by atoms with Crippen molar-refractivity contribution >= 4 is 40.9 Å². The zero-order valence-corrected chi connectivity index (χ0v) is 15.9. The second kappa shape index (κ2) is 7.76. The number of carbonyl (C=O) groups is 1. The van der Waals surface area contributed by atoms with Gasteiger partial charge in [0, 0.05) is 17.6 Å². The Hall–Kier alpha value is -2.57. The summed E-state index contributed by atoms with van der Waals surface area (Å²) in [6.07, 6.45) is 1.75. The molecule has 3 rings (SSSR count). The number of halogens is 1. The van der Waals surface area contributed by atoms with E-state index in [2.05, 4.69) is 5.32 Å². The summed E-state index contributed by atoms with van der Waals surface area (Å²) in [5.74, 6) is 1.25. The van der Waals surface area contributed by atoms with Crippen LogP contribution in [0.2, 0.25) is 5.02 Å². The van der Waals surface area contributed by atoms with Gasteiger partial charge >= 0.3 is 0 Å².